The van der Waals surface area contributed by atoms with Gasteiger partial charge in [-0.1, -0.05) is 18.0 Å². The van der Waals surface area contributed by atoms with Crippen LogP contribution < -0.4 is 5.73 Å². The molecule has 0 aliphatic heterocycles. The van der Waals surface area contributed by atoms with Crippen LogP contribution in [-0.4, -0.2) is 24.5 Å². The molecule has 0 spiro atoms. The highest BCUT2D eigenvalue weighted by Gasteiger charge is 2.28. The molecular formula is C11H17ClN2S. The SMILES string of the molecule is CN(C1CCC1)C(CN)c1ccc(Cl)s1. The summed E-state index contributed by atoms with van der Waals surface area (Å²) in [5.74, 6) is 0. The molecule has 2 rings (SSSR count). The highest BCUT2D eigenvalue weighted by atomic mass is 35.5. The van der Waals surface area contributed by atoms with Crippen molar-refractivity contribution in [3.63, 3.8) is 0 Å². The highest BCUT2D eigenvalue weighted by molar-refractivity contribution is 7.16. The van der Waals surface area contributed by atoms with E-state index in [1.165, 1.54) is 24.1 Å². The summed E-state index contributed by atoms with van der Waals surface area (Å²) in [6, 6.07) is 5.12. The van der Waals surface area contributed by atoms with Crippen molar-refractivity contribution in [2.75, 3.05) is 13.6 Å². The van der Waals surface area contributed by atoms with Crippen molar-refractivity contribution in [3.8, 4) is 0 Å². The van der Waals surface area contributed by atoms with E-state index in [9.17, 15) is 0 Å². The summed E-state index contributed by atoms with van der Waals surface area (Å²) in [5, 5.41) is 0. The van der Waals surface area contributed by atoms with Gasteiger partial charge in [-0.15, -0.1) is 11.3 Å². The minimum absolute atomic E-state index is 0.341. The molecule has 1 aliphatic carbocycles. The standard InChI is InChI=1S/C11H17ClN2S/c1-14(8-3-2-4-8)9(7-13)10-5-6-11(12)15-10/h5-6,8-9H,2-4,7,13H2,1H3. The normalized spacial score (nSPS) is 19.2. The first kappa shape index (κ1) is 11.4. The number of halogens is 1. The van der Waals surface area contributed by atoms with E-state index in [4.69, 9.17) is 17.3 Å². The van der Waals surface area contributed by atoms with Gasteiger partial charge in [0.15, 0.2) is 0 Å². The quantitative estimate of drug-likeness (QED) is 0.883. The lowest BCUT2D eigenvalue weighted by Gasteiger charge is -2.39. The van der Waals surface area contributed by atoms with E-state index in [1.54, 1.807) is 11.3 Å². The Morgan fingerprint density at radius 1 is 1.60 bits per heavy atom. The lowest BCUT2D eigenvalue weighted by molar-refractivity contribution is 0.115. The van der Waals surface area contributed by atoms with Gasteiger partial charge in [-0.05, 0) is 32.0 Å². The third-order valence-corrected chi connectivity index (χ3v) is 4.62. The fraction of sp³-hybridized carbons (Fsp3) is 0.636. The van der Waals surface area contributed by atoms with Crippen LogP contribution in [0.25, 0.3) is 0 Å². The molecule has 1 atom stereocenters. The maximum absolute atomic E-state index is 5.95. The first-order valence-corrected chi connectivity index (χ1v) is 6.59. The first-order valence-electron chi connectivity index (χ1n) is 5.39. The predicted molar refractivity (Wildman–Crippen MR) is 66.5 cm³/mol. The molecule has 2 nitrogen and oxygen atoms in total. The van der Waals surface area contributed by atoms with Gasteiger partial charge in [0.05, 0.1) is 10.4 Å². The van der Waals surface area contributed by atoms with Crippen LogP contribution >= 0.6 is 22.9 Å². The fourth-order valence-corrected chi connectivity index (χ4v) is 3.27. The van der Waals surface area contributed by atoms with Gasteiger partial charge in [0.2, 0.25) is 0 Å². The van der Waals surface area contributed by atoms with Crippen LogP contribution in [0.2, 0.25) is 4.34 Å². The Labute approximate surface area is 100 Å². The van der Waals surface area contributed by atoms with Crippen molar-refractivity contribution >= 4 is 22.9 Å². The molecule has 1 aromatic heterocycles. The highest BCUT2D eigenvalue weighted by Crippen LogP contribution is 2.34. The third kappa shape index (κ3) is 2.36. The van der Waals surface area contributed by atoms with Crippen molar-refractivity contribution in [2.45, 2.75) is 31.3 Å². The van der Waals surface area contributed by atoms with Crippen molar-refractivity contribution in [2.24, 2.45) is 5.73 Å². The van der Waals surface area contributed by atoms with E-state index in [-0.39, 0.29) is 0 Å². The smallest absolute Gasteiger partial charge is 0.0931 e. The first-order chi connectivity index (χ1) is 7.22. The summed E-state index contributed by atoms with van der Waals surface area (Å²) in [6.45, 7) is 0.670. The van der Waals surface area contributed by atoms with E-state index >= 15 is 0 Å². The Bertz CT molecular complexity index is 322. The second-order valence-corrected chi connectivity index (χ2v) is 5.89. The molecule has 0 aromatic carbocycles. The topological polar surface area (TPSA) is 29.3 Å². The molecule has 1 aromatic rings. The molecular weight excluding hydrogens is 228 g/mol. The fourth-order valence-electron chi connectivity index (χ4n) is 2.04. The minimum Gasteiger partial charge on any atom is -0.329 e. The van der Waals surface area contributed by atoms with Crippen LogP contribution in [-0.2, 0) is 0 Å². The van der Waals surface area contributed by atoms with E-state index in [0.29, 0.717) is 12.6 Å². The third-order valence-electron chi connectivity index (χ3n) is 3.29. The monoisotopic (exact) mass is 244 g/mol. The predicted octanol–water partition coefficient (Wildman–Crippen LogP) is 2.89. The lowest BCUT2D eigenvalue weighted by Crippen LogP contribution is -2.42. The molecule has 4 heteroatoms. The largest absolute Gasteiger partial charge is 0.329 e. The van der Waals surface area contributed by atoms with Crippen LogP contribution in [0.3, 0.4) is 0 Å². The minimum atomic E-state index is 0.341. The van der Waals surface area contributed by atoms with E-state index in [0.717, 1.165) is 10.4 Å². The number of nitrogens with zero attached hydrogens (tertiary/aromatic N) is 1. The summed E-state index contributed by atoms with van der Waals surface area (Å²) in [7, 11) is 2.18. The Balaban J connectivity index is 2.08. The van der Waals surface area contributed by atoms with Crippen LogP contribution in [0, 0.1) is 0 Å². The van der Waals surface area contributed by atoms with Crippen molar-refractivity contribution in [1.29, 1.82) is 0 Å². The van der Waals surface area contributed by atoms with Crippen LogP contribution in [0.5, 0.6) is 0 Å². The van der Waals surface area contributed by atoms with Crippen molar-refractivity contribution < 1.29 is 0 Å². The van der Waals surface area contributed by atoms with Gasteiger partial charge in [0.25, 0.3) is 0 Å². The van der Waals surface area contributed by atoms with Gasteiger partial charge >= 0.3 is 0 Å². The Morgan fingerprint density at radius 2 is 2.33 bits per heavy atom. The molecule has 15 heavy (non-hydrogen) atoms. The summed E-state index contributed by atoms with van der Waals surface area (Å²) < 4.78 is 0.852. The van der Waals surface area contributed by atoms with Gasteiger partial charge in [0, 0.05) is 17.5 Å². The van der Waals surface area contributed by atoms with Gasteiger partial charge in [-0.25, -0.2) is 0 Å². The maximum Gasteiger partial charge on any atom is 0.0931 e. The molecule has 0 amide bonds. The van der Waals surface area contributed by atoms with E-state index < -0.39 is 0 Å². The molecule has 0 bridgehead atoms. The lowest BCUT2D eigenvalue weighted by atomic mass is 9.90. The second-order valence-electron chi connectivity index (χ2n) is 4.14. The molecule has 1 heterocycles. The van der Waals surface area contributed by atoms with E-state index in [2.05, 4.69) is 18.0 Å². The van der Waals surface area contributed by atoms with Crippen LogP contribution in [0.4, 0.5) is 0 Å². The Morgan fingerprint density at radius 3 is 2.73 bits per heavy atom. The van der Waals surface area contributed by atoms with Gasteiger partial charge in [-0.2, -0.15) is 0 Å². The molecule has 1 aliphatic rings. The average molecular weight is 245 g/mol. The summed E-state index contributed by atoms with van der Waals surface area (Å²) in [6.07, 6.45) is 3.98. The zero-order valence-electron chi connectivity index (χ0n) is 8.95. The number of hydrogen-bond acceptors (Lipinski definition) is 3. The molecule has 1 fully saturated rings. The van der Waals surface area contributed by atoms with Crippen LogP contribution in [0.1, 0.15) is 30.2 Å². The number of likely N-dealkylation sites (N-methyl/N-ethyl adjacent to an activating group) is 1. The van der Waals surface area contributed by atoms with Crippen LogP contribution in [0.15, 0.2) is 12.1 Å². The Hall–Kier alpha value is -0.0900. The number of thiophene rings is 1. The molecule has 84 valence electrons. The van der Waals surface area contributed by atoms with Gasteiger partial charge in [-0.3, -0.25) is 4.90 Å². The summed E-state index contributed by atoms with van der Waals surface area (Å²) >= 11 is 7.60. The molecule has 0 radical (unpaired) electrons. The molecule has 1 saturated carbocycles. The number of hydrogen-bond donors (Lipinski definition) is 1. The molecule has 1 unspecified atom stereocenters. The van der Waals surface area contributed by atoms with Crippen molar-refractivity contribution in [3.05, 3.63) is 21.3 Å². The zero-order chi connectivity index (χ0) is 10.8. The zero-order valence-corrected chi connectivity index (χ0v) is 10.5. The number of nitrogens with two attached hydrogens (primary N) is 1. The molecule has 2 N–H and O–H groups in total. The second kappa shape index (κ2) is 4.83. The average Bonchev–Trinajstić information content (AvgIpc) is 2.50. The Kier molecular flexibility index (Phi) is 3.67. The number of rotatable bonds is 4. The molecule has 0 saturated heterocycles. The van der Waals surface area contributed by atoms with Gasteiger partial charge < -0.3 is 5.73 Å². The maximum atomic E-state index is 5.95. The van der Waals surface area contributed by atoms with Gasteiger partial charge in [0.1, 0.15) is 0 Å². The van der Waals surface area contributed by atoms with Crippen molar-refractivity contribution in [1.82, 2.24) is 4.90 Å². The van der Waals surface area contributed by atoms with E-state index in [1.807, 2.05) is 6.07 Å². The summed E-state index contributed by atoms with van der Waals surface area (Å²) in [4.78, 5) is 3.70. The summed E-state index contributed by atoms with van der Waals surface area (Å²) in [5.41, 5.74) is 5.85.